The lowest BCUT2D eigenvalue weighted by Crippen LogP contribution is -2.17. The molecule has 0 unspecified atom stereocenters. The van der Waals surface area contributed by atoms with Gasteiger partial charge in [0.25, 0.3) is 0 Å². The summed E-state index contributed by atoms with van der Waals surface area (Å²) in [6.07, 6.45) is 7.17. The van der Waals surface area contributed by atoms with Crippen LogP contribution in [0, 0.1) is 0 Å². The first kappa shape index (κ1) is 14.6. The molecule has 0 saturated heterocycles. The van der Waals surface area contributed by atoms with Crippen LogP contribution in [0.15, 0.2) is 28.5 Å². The molecule has 0 heterocycles. The third-order valence-corrected chi connectivity index (χ3v) is 3.88. The van der Waals surface area contributed by atoms with Crippen LogP contribution >= 0.6 is 0 Å². The van der Waals surface area contributed by atoms with Crippen LogP contribution in [0.3, 0.4) is 0 Å². The minimum atomic E-state index is 0.384. The second-order valence-corrected chi connectivity index (χ2v) is 5.29. The van der Waals surface area contributed by atoms with Crippen LogP contribution in [0.2, 0.25) is 0 Å². The smallest absolute Gasteiger partial charge is 0.134 e. The van der Waals surface area contributed by atoms with Gasteiger partial charge in [0.05, 0.1) is 0 Å². The average molecular weight is 274 g/mol. The first-order valence-electron chi connectivity index (χ1n) is 7.35. The normalized spacial score (nSPS) is 16.1. The molecule has 0 aliphatic heterocycles. The van der Waals surface area contributed by atoms with E-state index >= 15 is 0 Å². The van der Waals surface area contributed by atoms with Gasteiger partial charge in [-0.2, -0.15) is 0 Å². The zero-order valence-electron chi connectivity index (χ0n) is 12.0. The molecule has 1 aromatic carbocycles. The number of unbranched alkanes of at least 4 members (excludes halogenated alkanes) is 1. The highest BCUT2D eigenvalue weighted by molar-refractivity contribution is 6.48. The van der Waals surface area contributed by atoms with Crippen molar-refractivity contribution in [3.05, 3.63) is 34.9 Å². The van der Waals surface area contributed by atoms with Crippen LogP contribution in [-0.4, -0.2) is 21.8 Å². The van der Waals surface area contributed by atoms with E-state index in [1.54, 1.807) is 0 Å². The fourth-order valence-electron chi connectivity index (χ4n) is 2.72. The Bertz CT molecular complexity index is 521. The predicted octanol–water partition coefficient (Wildman–Crippen LogP) is 3.76. The van der Waals surface area contributed by atoms with E-state index < -0.39 is 0 Å². The van der Waals surface area contributed by atoms with Crippen molar-refractivity contribution >= 4 is 11.4 Å². The molecule has 0 saturated carbocycles. The Hall–Kier alpha value is -1.84. The van der Waals surface area contributed by atoms with Gasteiger partial charge in [-0.3, -0.25) is 0 Å². The lowest BCUT2D eigenvalue weighted by molar-refractivity contribution is 0.313. The molecule has 0 amide bonds. The molecule has 4 nitrogen and oxygen atoms in total. The molecule has 2 rings (SSSR count). The maximum atomic E-state index is 9.28. The van der Waals surface area contributed by atoms with Crippen molar-refractivity contribution in [1.29, 1.82) is 0 Å². The van der Waals surface area contributed by atoms with Crippen LogP contribution in [0.25, 0.3) is 0 Å². The quantitative estimate of drug-likeness (QED) is 0.487. The van der Waals surface area contributed by atoms with E-state index in [1.165, 1.54) is 24.0 Å². The minimum absolute atomic E-state index is 0.384. The zero-order chi connectivity index (χ0) is 14.4. The molecule has 20 heavy (non-hydrogen) atoms. The third-order valence-electron chi connectivity index (χ3n) is 3.88. The maximum Gasteiger partial charge on any atom is 0.134 e. The molecule has 0 atom stereocenters. The fourth-order valence-corrected chi connectivity index (χ4v) is 2.72. The molecule has 0 fully saturated rings. The van der Waals surface area contributed by atoms with Gasteiger partial charge in [0, 0.05) is 5.56 Å². The summed E-state index contributed by atoms with van der Waals surface area (Å²) in [5.41, 5.74) is 4.37. The number of nitrogens with zero attached hydrogens (tertiary/aromatic N) is 2. The van der Waals surface area contributed by atoms with Gasteiger partial charge in [-0.05, 0) is 55.7 Å². The van der Waals surface area contributed by atoms with Crippen LogP contribution in [0.4, 0.5) is 0 Å². The Morgan fingerprint density at radius 2 is 1.85 bits per heavy atom. The standard InChI is InChI=1S/C16H22N2O2/c1-2-3-8-15(17-19)16(18-20)14-10-9-12-6-4-5-7-13(12)11-14/h9-11,19-20H,2-8H2,1H3/b17-15+,18-16+. The Labute approximate surface area is 119 Å². The van der Waals surface area contributed by atoms with Gasteiger partial charge >= 0.3 is 0 Å². The number of fused-ring (bicyclic) bond motifs is 1. The maximum absolute atomic E-state index is 9.28. The van der Waals surface area contributed by atoms with Gasteiger partial charge in [-0.25, -0.2) is 0 Å². The predicted molar refractivity (Wildman–Crippen MR) is 80.2 cm³/mol. The van der Waals surface area contributed by atoms with Gasteiger partial charge < -0.3 is 10.4 Å². The first-order chi connectivity index (χ1) is 9.80. The molecule has 0 bridgehead atoms. The molecule has 1 aliphatic rings. The van der Waals surface area contributed by atoms with Gasteiger partial charge in [0.15, 0.2) is 0 Å². The van der Waals surface area contributed by atoms with Crippen molar-refractivity contribution in [2.75, 3.05) is 0 Å². The molecular weight excluding hydrogens is 252 g/mol. The van der Waals surface area contributed by atoms with E-state index in [0.29, 0.717) is 17.8 Å². The van der Waals surface area contributed by atoms with E-state index in [2.05, 4.69) is 29.4 Å². The van der Waals surface area contributed by atoms with Crippen molar-refractivity contribution in [3.63, 3.8) is 0 Å². The van der Waals surface area contributed by atoms with Gasteiger partial charge in [-0.15, -0.1) is 0 Å². The SMILES string of the molecule is CCCCC(=N\O)/C(=N/O)c1ccc2c(c1)CCCC2. The van der Waals surface area contributed by atoms with Crippen LogP contribution in [0.1, 0.15) is 55.7 Å². The Kier molecular flexibility index (Phi) is 5.16. The lowest BCUT2D eigenvalue weighted by atomic mass is 9.89. The highest BCUT2D eigenvalue weighted by Crippen LogP contribution is 2.23. The molecule has 4 heteroatoms. The largest absolute Gasteiger partial charge is 0.411 e. The summed E-state index contributed by atoms with van der Waals surface area (Å²) in [5.74, 6) is 0. The topological polar surface area (TPSA) is 65.2 Å². The van der Waals surface area contributed by atoms with Crippen molar-refractivity contribution < 1.29 is 10.4 Å². The summed E-state index contributed by atoms with van der Waals surface area (Å²) in [6, 6.07) is 6.13. The second kappa shape index (κ2) is 7.08. The summed E-state index contributed by atoms with van der Waals surface area (Å²) >= 11 is 0. The summed E-state index contributed by atoms with van der Waals surface area (Å²) in [7, 11) is 0. The van der Waals surface area contributed by atoms with Gasteiger partial charge in [-0.1, -0.05) is 35.8 Å². The number of oxime groups is 2. The zero-order valence-corrected chi connectivity index (χ0v) is 12.0. The summed E-state index contributed by atoms with van der Waals surface area (Å²) in [4.78, 5) is 0. The van der Waals surface area contributed by atoms with E-state index in [0.717, 1.165) is 31.2 Å². The summed E-state index contributed by atoms with van der Waals surface area (Å²) < 4.78 is 0. The molecule has 0 aromatic heterocycles. The first-order valence-corrected chi connectivity index (χ1v) is 7.35. The molecule has 0 radical (unpaired) electrons. The summed E-state index contributed by atoms with van der Waals surface area (Å²) in [6.45, 7) is 2.07. The Balaban J connectivity index is 2.27. The van der Waals surface area contributed by atoms with Gasteiger partial charge in [0.1, 0.15) is 11.4 Å². The molecular formula is C16H22N2O2. The van der Waals surface area contributed by atoms with Crippen LogP contribution in [0.5, 0.6) is 0 Å². The Morgan fingerprint density at radius 3 is 2.50 bits per heavy atom. The molecule has 1 aliphatic carbocycles. The molecule has 108 valence electrons. The highest BCUT2D eigenvalue weighted by atomic mass is 16.4. The van der Waals surface area contributed by atoms with Crippen LogP contribution in [-0.2, 0) is 12.8 Å². The van der Waals surface area contributed by atoms with E-state index in [-0.39, 0.29) is 0 Å². The average Bonchev–Trinajstić information content (AvgIpc) is 2.51. The number of rotatable bonds is 5. The van der Waals surface area contributed by atoms with Crippen LogP contribution < -0.4 is 0 Å². The second-order valence-electron chi connectivity index (χ2n) is 5.29. The minimum Gasteiger partial charge on any atom is -0.411 e. The fraction of sp³-hybridized carbons (Fsp3) is 0.500. The number of benzene rings is 1. The number of aryl methyl sites for hydroxylation is 2. The van der Waals surface area contributed by atoms with E-state index in [9.17, 15) is 5.21 Å². The molecule has 2 N–H and O–H groups in total. The summed E-state index contributed by atoms with van der Waals surface area (Å²) in [5, 5.41) is 25.1. The van der Waals surface area contributed by atoms with Crippen molar-refractivity contribution in [1.82, 2.24) is 0 Å². The van der Waals surface area contributed by atoms with Crippen molar-refractivity contribution in [3.8, 4) is 0 Å². The number of hydrogen-bond acceptors (Lipinski definition) is 4. The van der Waals surface area contributed by atoms with E-state index in [1.807, 2.05) is 6.07 Å². The van der Waals surface area contributed by atoms with Crippen molar-refractivity contribution in [2.45, 2.75) is 51.9 Å². The number of hydrogen-bond donors (Lipinski definition) is 2. The Morgan fingerprint density at radius 1 is 1.10 bits per heavy atom. The van der Waals surface area contributed by atoms with Crippen molar-refractivity contribution in [2.24, 2.45) is 10.3 Å². The highest BCUT2D eigenvalue weighted by Gasteiger charge is 2.16. The molecule has 0 spiro atoms. The van der Waals surface area contributed by atoms with E-state index in [4.69, 9.17) is 5.21 Å². The van der Waals surface area contributed by atoms with Gasteiger partial charge in [0.2, 0.25) is 0 Å². The molecule has 1 aromatic rings. The lowest BCUT2D eigenvalue weighted by Gasteiger charge is -2.17. The third kappa shape index (κ3) is 3.18. The monoisotopic (exact) mass is 274 g/mol.